The molecule has 1 fully saturated rings. The van der Waals surface area contributed by atoms with E-state index in [2.05, 4.69) is 0 Å². The van der Waals surface area contributed by atoms with Crippen molar-refractivity contribution in [2.75, 3.05) is 13.2 Å². The molecule has 96 valence electrons. The molecule has 4 nitrogen and oxygen atoms in total. The Bertz CT molecular complexity index is 299. The van der Waals surface area contributed by atoms with Crippen LogP contribution in [0.4, 0.5) is 0 Å². The van der Waals surface area contributed by atoms with Gasteiger partial charge in [-0.25, -0.2) is 4.79 Å². The van der Waals surface area contributed by atoms with E-state index in [0.29, 0.717) is 19.6 Å². The first-order valence-electron chi connectivity index (χ1n) is 6.28. The lowest BCUT2D eigenvalue weighted by molar-refractivity contribution is -0.156. The van der Waals surface area contributed by atoms with Crippen molar-refractivity contribution in [2.45, 2.75) is 45.6 Å². The van der Waals surface area contributed by atoms with Gasteiger partial charge in [0.1, 0.15) is 12.6 Å². The Balaban J connectivity index is 2.57. The molecule has 0 spiro atoms. The van der Waals surface area contributed by atoms with Crippen LogP contribution in [0, 0.1) is 0 Å². The summed E-state index contributed by atoms with van der Waals surface area (Å²) in [6.07, 6.45) is 6.75. The van der Waals surface area contributed by atoms with Crippen LogP contribution in [0.15, 0.2) is 12.2 Å². The number of carbonyl (C=O) groups excluding carboxylic acids is 2. The van der Waals surface area contributed by atoms with Gasteiger partial charge >= 0.3 is 5.97 Å². The summed E-state index contributed by atoms with van der Waals surface area (Å²) in [7, 11) is 0. The van der Waals surface area contributed by atoms with Crippen LogP contribution >= 0.6 is 0 Å². The molecule has 1 heterocycles. The number of piperidine rings is 1. The second-order valence-electron chi connectivity index (χ2n) is 4.15. The molecule has 1 rings (SSSR count). The van der Waals surface area contributed by atoms with E-state index >= 15 is 0 Å². The molecule has 0 aromatic carbocycles. The van der Waals surface area contributed by atoms with Crippen molar-refractivity contribution >= 4 is 11.9 Å². The number of esters is 1. The minimum absolute atomic E-state index is 0.0395. The van der Waals surface area contributed by atoms with Gasteiger partial charge in [-0.2, -0.15) is 0 Å². The second-order valence-corrected chi connectivity index (χ2v) is 4.15. The first kappa shape index (κ1) is 13.7. The van der Waals surface area contributed by atoms with Crippen molar-refractivity contribution in [1.82, 2.24) is 4.90 Å². The average Bonchev–Trinajstić information content (AvgIpc) is 2.38. The number of hydrogen-bond acceptors (Lipinski definition) is 3. The van der Waals surface area contributed by atoms with Gasteiger partial charge in [0.15, 0.2) is 0 Å². The molecule has 0 radical (unpaired) electrons. The summed E-state index contributed by atoms with van der Waals surface area (Å²) in [6.45, 7) is 4.66. The SMILES string of the molecule is C/C=C/COC(=O)C1CCCCN1C(=O)CC. The normalized spacial score (nSPS) is 20.6. The monoisotopic (exact) mass is 239 g/mol. The van der Waals surface area contributed by atoms with Gasteiger partial charge in [0.25, 0.3) is 0 Å². The van der Waals surface area contributed by atoms with Gasteiger partial charge in [-0.15, -0.1) is 0 Å². The maximum absolute atomic E-state index is 11.9. The molecule has 1 aliphatic rings. The molecule has 0 aromatic heterocycles. The molecule has 0 N–H and O–H groups in total. The van der Waals surface area contributed by atoms with Crippen LogP contribution in [0.25, 0.3) is 0 Å². The highest BCUT2D eigenvalue weighted by molar-refractivity contribution is 5.84. The molecule has 1 amide bonds. The summed E-state index contributed by atoms with van der Waals surface area (Å²) >= 11 is 0. The first-order chi connectivity index (χ1) is 8.20. The number of carbonyl (C=O) groups is 2. The van der Waals surface area contributed by atoms with Crippen molar-refractivity contribution in [3.8, 4) is 0 Å². The molecule has 1 saturated heterocycles. The molecule has 1 atom stereocenters. The molecule has 0 bridgehead atoms. The fraction of sp³-hybridized carbons (Fsp3) is 0.692. The van der Waals surface area contributed by atoms with E-state index in [9.17, 15) is 9.59 Å². The van der Waals surface area contributed by atoms with Crippen LogP contribution in [0.5, 0.6) is 0 Å². The van der Waals surface area contributed by atoms with Gasteiger partial charge in [-0.3, -0.25) is 4.79 Å². The second kappa shape index (κ2) is 7.09. The zero-order valence-electron chi connectivity index (χ0n) is 10.6. The number of nitrogens with zero attached hydrogens (tertiary/aromatic N) is 1. The fourth-order valence-electron chi connectivity index (χ4n) is 2.00. The molecule has 4 heteroatoms. The van der Waals surface area contributed by atoms with E-state index in [4.69, 9.17) is 4.74 Å². The van der Waals surface area contributed by atoms with E-state index in [-0.39, 0.29) is 17.9 Å². The lowest BCUT2D eigenvalue weighted by Crippen LogP contribution is -2.48. The molecule has 0 aromatic rings. The highest BCUT2D eigenvalue weighted by Crippen LogP contribution is 2.19. The van der Waals surface area contributed by atoms with Crippen molar-refractivity contribution in [2.24, 2.45) is 0 Å². The third-order valence-electron chi connectivity index (χ3n) is 2.96. The lowest BCUT2D eigenvalue weighted by Gasteiger charge is -2.33. The summed E-state index contributed by atoms with van der Waals surface area (Å²) < 4.78 is 5.13. The van der Waals surface area contributed by atoms with Gasteiger partial charge in [0.05, 0.1) is 0 Å². The molecule has 1 unspecified atom stereocenters. The minimum Gasteiger partial charge on any atom is -0.460 e. The van der Waals surface area contributed by atoms with Crippen LogP contribution in [0.1, 0.15) is 39.5 Å². The van der Waals surface area contributed by atoms with Crippen LogP contribution in [0.3, 0.4) is 0 Å². The summed E-state index contributed by atoms with van der Waals surface area (Å²) in [5.74, 6) is -0.234. The zero-order valence-corrected chi connectivity index (χ0v) is 10.6. The average molecular weight is 239 g/mol. The number of ether oxygens (including phenoxy) is 1. The standard InChI is InChI=1S/C13H21NO3/c1-3-5-10-17-13(16)11-8-6-7-9-14(11)12(15)4-2/h3,5,11H,4,6-10H2,1-2H3/b5-3+. The van der Waals surface area contributed by atoms with Crippen LogP contribution in [0.2, 0.25) is 0 Å². The van der Waals surface area contributed by atoms with Gasteiger partial charge < -0.3 is 9.64 Å². The maximum atomic E-state index is 11.9. The summed E-state index contributed by atoms with van der Waals surface area (Å²) in [6, 6.07) is -0.374. The van der Waals surface area contributed by atoms with Gasteiger partial charge in [0, 0.05) is 13.0 Å². The zero-order chi connectivity index (χ0) is 12.7. The summed E-state index contributed by atoms with van der Waals surface area (Å²) in [5, 5.41) is 0. The largest absolute Gasteiger partial charge is 0.460 e. The Labute approximate surface area is 103 Å². The number of allylic oxidation sites excluding steroid dienone is 1. The Hall–Kier alpha value is -1.32. The van der Waals surface area contributed by atoms with E-state index < -0.39 is 0 Å². The highest BCUT2D eigenvalue weighted by atomic mass is 16.5. The van der Waals surface area contributed by atoms with E-state index in [1.165, 1.54) is 0 Å². The number of amides is 1. The summed E-state index contributed by atoms with van der Waals surface area (Å²) in [4.78, 5) is 25.2. The number of likely N-dealkylation sites (tertiary alicyclic amines) is 1. The molecule has 0 aliphatic carbocycles. The quantitative estimate of drug-likeness (QED) is 0.556. The Kier molecular flexibility index (Phi) is 5.73. The van der Waals surface area contributed by atoms with Gasteiger partial charge in [0.2, 0.25) is 5.91 Å². The van der Waals surface area contributed by atoms with Gasteiger partial charge in [-0.1, -0.05) is 19.1 Å². The minimum atomic E-state index is -0.374. The van der Waals surface area contributed by atoms with E-state index in [1.807, 2.05) is 19.9 Å². The van der Waals surface area contributed by atoms with Crippen LogP contribution in [-0.2, 0) is 14.3 Å². The predicted molar refractivity (Wildman–Crippen MR) is 65.4 cm³/mol. The third-order valence-corrected chi connectivity index (χ3v) is 2.96. The Morgan fingerprint density at radius 3 is 2.82 bits per heavy atom. The molecule has 1 aliphatic heterocycles. The van der Waals surface area contributed by atoms with Gasteiger partial charge in [-0.05, 0) is 26.2 Å². The highest BCUT2D eigenvalue weighted by Gasteiger charge is 2.32. The topological polar surface area (TPSA) is 46.6 Å². The molecular formula is C13H21NO3. The number of hydrogen-bond donors (Lipinski definition) is 0. The Morgan fingerprint density at radius 2 is 2.18 bits per heavy atom. The van der Waals surface area contributed by atoms with Crippen LogP contribution in [-0.4, -0.2) is 36.0 Å². The fourth-order valence-corrected chi connectivity index (χ4v) is 2.00. The number of rotatable bonds is 4. The van der Waals surface area contributed by atoms with Crippen molar-refractivity contribution in [3.05, 3.63) is 12.2 Å². The van der Waals surface area contributed by atoms with Crippen molar-refractivity contribution in [1.29, 1.82) is 0 Å². The van der Waals surface area contributed by atoms with Crippen molar-refractivity contribution in [3.63, 3.8) is 0 Å². The van der Waals surface area contributed by atoms with Crippen LogP contribution < -0.4 is 0 Å². The summed E-state index contributed by atoms with van der Waals surface area (Å²) in [5.41, 5.74) is 0. The van der Waals surface area contributed by atoms with E-state index in [1.54, 1.807) is 11.0 Å². The molecular weight excluding hydrogens is 218 g/mol. The van der Waals surface area contributed by atoms with E-state index in [0.717, 1.165) is 19.3 Å². The Morgan fingerprint density at radius 1 is 1.41 bits per heavy atom. The lowest BCUT2D eigenvalue weighted by atomic mass is 10.0. The van der Waals surface area contributed by atoms with Crippen molar-refractivity contribution < 1.29 is 14.3 Å². The molecule has 0 saturated carbocycles. The maximum Gasteiger partial charge on any atom is 0.329 e. The first-order valence-corrected chi connectivity index (χ1v) is 6.28. The third kappa shape index (κ3) is 3.88. The molecule has 17 heavy (non-hydrogen) atoms. The predicted octanol–water partition coefficient (Wildman–Crippen LogP) is 1.90. The smallest absolute Gasteiger partial charge is 0.329 e.